The Balaban J connectivity index is 2.25. The lowest BCUT2D eigenvalue weighted by Crippen LogP contribution is -2.52. The first-order valence-electron chi connectivity index (χ1n) is 7.95. The van der Waals surface area contributed by atoms with Crippen LogP contribution < -0.4 is 5.32 Å². The molecule has 0 heterocycles. The third-order valence-electron chi connectivity index (χ3n) is 3.97. The number of hydrogen-bond acceptors (Lipinski definition) is 4. The molecule has 0 spiro atoms. The van der Waals surface area contributed by atoms with Gasteiger partial charge in [0.2, 0.25) is 0 Å². The molecule has 1 unspecified atom stereocenters. The molecule has 1 atom stereocenters. The summed E-state index contributed by atoms with van der Waals surface area (Å²) in [6.07, 6.45) is 8.29. The van der Waals surface area contributed by atoms with E-state index in [1.807, 2.05) is 20.8 Å². The Bertz CT molecular complexity index is 287. The van der Waals surface area contributed by atoms with Crippen molar-refractivity contribution in [3.63, 3.8) is 0 Å². The fourth-order valence-electron chi connectivity index (χ4n) is 2.98. The van der Waals surface area contributed by atoms with Crippen molar-refractivity contribution in [3.8, 4) is 0 Å². The number of carbonyl (C=O) groups excluding carboxylic acids is 1. The van der Waals surface area contributed by atoms with E-state index in [4.69, 9.17) is 9.47 Å². The molecule has 1 aliphatic carbocycles. The molecule has 0 amide bonds. The van der Waals surface area contributed by atoms with Gasteiger partial charge in [-0.05, 0) is 52.9 Å². The molecule has 4 heteroatoms. The smallest absolute Gasteiger partial charge is 0.325 e. The monoisotopic (exact) mass is 285 g/mol. The van der Waals surface area contributed by atoms with Gasteiger partial charge in [0.1, 0.15) is 5.54 Å². The van der Waals surface area contributed by atoms with Gasteiger partial charge < -0.3 is 9.47 Å². The Labute approximate surface area is 123 Å². The van der Waals surface area contributed by atoms with Crippen LogP contribution in [-0.2, 0) is 14.3 Å². The molecule has 1 saturated carbocycles. The molecule has 20 heavy (non-hydrogen) atoms. The Morgan fingerprint density at radius 1 is 1.30 bits per heavy atom. The standard InChI is InChI=1S/C16H31NO3/c1-13(2)17-16(3,15(18)19-4)11-7-8-12-20-14-9-5-6-10-14/h13-14,17H,5-12H2,1-4H3. The minimum atomic E-state index is -0.587. The summed E-state index contributed by atoms with van der Waals surface area (Å²) in [5, 5.41) is 3.32. The minimum absolute atomic E-state index is 0.178. The Morgan fingerprint density at radius 2 is 1.95 bits per heavy atom. The highest BCUT2D eigenvalue weighted by Crippen LogP contribution is 2.22. The first-order chi connectivity index (χ1) is 9.48. The predicted molar refractivity (Wildman–Crippen MR) is 80.8 cm³/mol. The van der Waals surface area contributed by atoms with E-state index in [9.17, 15) is 4.79 Å². The van der Waals surface area contributed by atoms with E-state index in [0.717, 1.165) is 25.9 Å². The number of carbonyl (C=O) groups is 1. The summed E-state index contributed by atoms with van der Waals surface area (Å²) < 4.78 is 10.8. The summed E-state index contributed by atoms with van der Waals surface area (Å²) in [6.45, 7) is 6.83. The van der Waals surface area contributed by atoms with Gasteiger partial charge in [-0.15, -0.1) is 0 Å². The zero-order chi connectivity index (χ0) is 15.0. The van der Waals surface area contributed by atoms with Crippen molar-refractivity contribution in [1.82, 2.24) is 5.32 Å². The SMILES string of the molecule is COC(=O)C(C)(CCCCOC1CCCC1)NC(C)C. The summed E-state index contributed by atoms with van der Waals surface area (Å²) >= 11 is 0. The van der Waals surface area contributed by atoms with Crippen molar-refractivity contribution in [2.75, 3.05) is 13.7 Å². The normalized spacial score (nSPS) is 19.2. The number of unbranched alkanes of at least 4 members (excludes halogenated alkanes) is 1. The number of rotatable bonds is 9. The van der Waals surface area contributed by atoms with Gasteiger partial charge >= 0.3 is 5.97 Å². The Kier molecular flexibility index (Phi) is 7.52. The molecule has 0 aliphatic heterocycles. The molecule has 4 nitrogen and oxygen atoms in total. The van der Waals surface area contributed by atoms with Crippen molar-refractivity contribution >= 4 is 5.97 Å². The van der Waals surface area contributed by atoms with Gasteiger partial charge in [-0.25, -0.2) is 0 Å². The zero-order valence-corrected chi connectivity index (χ0v) is 13.5. The molecule has 1 fully saturated rings. The number of ether oxygens (including phenoxy) is 2. The summed E-state index contributed by atoms with van der Waals surface area (Å²) in [5.74, 6) is -0.178. The molecule has 0 aromatic rings. The molecule has 0 saturated heterocycles. The van der Waals surface area contributed by atoms with Gasteiger partial charge in [0.25, 0.3) is 0 Å². The quantitative estimate of drug-likeness (QED) is 0.522. The van der Waals surface area contributed by atoms with Crippen LogP contribution in [0.1, 0.15) is 65.7 Å². The third kappa shape index (κ3) is 5.80. The average molecular weight is 285 g/mol. The van der Waals surface area contributed by atoms with Gasteiger partial charge in [0.05, 0.1) is 13.2 Å². The first kappa shape index (κ1) is 17.4. The molecule has 0 radical (unpaired) electrons. The highest BCUT2D eigenvalue weighted by molar-refractivity contribution is 5.80. The zero-order valence-electron chi connectivity index (χ0n) is 13.5. The number of methoxy groups -OCH3 is 1. The van der Waals surface area contributed by atoms with E-state index in [2.05, 4.69) is 5.32 Å². The topological polar surface area (TPSA) is 47.6 Å². The van der Waals surface area contributed by atoms with Gasteiger partial charge in [-0.3, -0.25) is 10.1 Å². The van der Waals surface area contributed by atoms with E-state index in [1.54, 1.807) is 0 Å². The number of esters is 1. The van der Waals surface area contributed by atoms with Crippen molar-refractivity contribution in [2.24, 2.45) is 0 Å². The lowest BCUT2D eigenvalue weighted by molar-refractivity contribution is -0.148. The lowest BCUT2D eigenvalue weighted by atomic mass is 9.94. The molecule has 1 N–H and O–H groups in total. The molecular formula is C16H31NO3. The van der Waals surface area contributed by atoms with Crippen LogP contribution in [0.2, 0.25) is 0 Å². The van der Waals surface area contributed by atoms with Crippen LogP contribution in [0.3, 0.4) is 0 Å². The van der Waals surface area contributed by atoms with E-state index in [-0.39, 0.29) is 12.0 Å². The predicted octanol–water partition coefficient (Wildman–Crippen LogP) is 3.05. The van der Waals surface area contributed by atoms with Crippen LogP contribution in [-0.4, -0.2) is 37.4 Å². The Hall–Kier alpha value is -0.610. The average Bonchev–Trinajstić information content (AvgIpc) is 2.89. The van der Waals surface area contributed by atoms with Crippen LogP contribution in [0, 0.1) is 0 Å². The van der Waals surface area contributed by atoms with Gasteiger partial charge in [-0.2, -0.15) is 0 Å². The van der Waals surface area contributed by atoms with Gasteiger partial charge in [0.15, 0.2) is 0 Å². The second kappa shape index (κ2) is 8.63. The van der Waals surface area contributed by atoms with Crippen molar-refractivity contribution in [1.29, 1.82) is 0 Å². The number of nitrogens with one attached hydrogen (secondary N) is 1. The van der Waals surface area contributed by atoms with E-state index < -0.39 is 5.54 Å². The second-order valence-corrected chi connectivity index (χ2v) is 6.36. The van der Waals surface area contributed by atoms with E-state index in [1.165, 1.54) is 32.8 Å². The van der Waals surface area contributed by atoms with Crippen molar-refractivity contribution < 1.29 is 14.3 Å². The minimum Gasteiger partial charge on any atom is -0.468 e. The highest BCUT2D eigenvalue weighted by Gasteiger charge is 2.34. The summed E-state index contributed by atoms with van der Waals surface area (Å²) in [6, 6.07) is 0.258. The van der Waals surface area contributed by atoms with Gasteiger partial charge in [-0.1, -0.05) is 12.8 Å². The summed E-state index contributed by atoms with van der Waals surface area (Å²) in [7, 11) is 1.45. The van der Waals surface area contributed by atoms with Crippen LogP contribution in [0.5, 0.6) is 0 Å². The Morgan fingerprint density at radius 3 is 2.50 bits per heavy atom. The fraction of sp³-hybridized carbons (Fsp3) is 0.938. The molecule has 1 rings (SSSR count). The molecule has 0 aromatic heterocycles. The fourth-order valence-corrected chi connectivity index (χ4v) is 2.98. The van der Waals surface area contributed by atoms with Crippen LogP contribution in [0.15, 0.2) is 0 Å². The van der Waals surface area contributed by atoms with Crippen LogP contribution >= 0.6 is 0 Å². The van der Waals surface area contributed by atoms with E-state index in [0.29, 0.717) is 6.10 Å². The first-order valence-corrected chi connectivity index (χ1v) is 7.95. The highest BCUT2D eigenvalue weighted by atomic mass is 16.5. The molecular weight excluding hydrogens is 254 g/mol. The van der Waals surface area contributed by atoms with E-state index >= 15 is 0 Å². The maximum absolute atomic E-state index is 11.9. The third-order valence-corrected chi connectivity index (χ3v) is 3.97. The molecule has 0 aromatic carbocycles. The second-order valence-electron chi connectivity index (χ2n) is 6.36. The van der Waals surface area contributed by atoms with Crippen LogP contribution in [0.25, 0.3) is 0 Å². The molecule has 1 aliphatic rings. The van der Waals surface area contributed by atoms with Crippen LogP contribution in [0.4, 0.5) is 0 Å². The number of hydrogen-bond donors (Lipinski definition) is 1. The molecule has 118 valence electrons. The van der Waals surface area contributed by atoms with Gasteiger partial charge in [0, 0.05) is 12.6 Å². The maximum atomic E-state index is 11.9. The van der Waals surface area contributed by atoms with Crippen molar-refractivity contribution in [2.45, 2.75) is 83.4 Å². The van der Waals surface area contributed by atoms with Crippen molar-refractivity contribution in [3.05, 3.63) is 0 Å². The maximum Gasteiger partial charge on any atom is 0.325 e. The summed E-state index contributed by atoms with van der Waals surface area (Å²) in [4.78, 5) is 11.9. The molecule has 0 bridgehead atoms. The summed E-state index contributed by atoms with van der Waals surface area (Å²) in [5.41, 5.74) is -0.587. The largest absolute Gasteiger partial charge is 0.468 e. The lowest BCUT2D eigenvalue weighted by Gasteiger charge is -2.30.